The quantitative estimate of drug-likeness (QED) is 0.733. The molecule has 1 saturated heterocycles. The van der Waals surface area contributed by atoms with Crippen LogP contribution in [0.1, 0.15) is 68.3 Å². The van der Waals surface area contributed by atoms with E-state index in [-0.39, 0.29) is 18.2 Å². The summed E-state index contributed by atoms with van der Waals surface area (Å²) in [5.41, 5.74) is 3.01. The molecule has 1 amide bonds. The van der Waals surface area contributed by atoms with Gasteiger partial charge in [-0.3, -0.25) is 9.88 Å². The highest BCUT2D eigenvalue weighted by Gasteiger charge is 2.51. The zero-order chi connectivity index (χ0) is 19.0. The molecule has 1 aliphatic heterocycles. The molecule has 0 spiro atoms. The number of hydrogen-bond donors (Lipinski definition) is 0. The van der Waals surface area contributed by atoms with E-state index in [4.69, 9.17) is 4.74 Å². The molecule has 0 N–H and O–H groups in total. The van der Waals surface area contributed by atoms with Crippen LogP contribution in [0.5, 0.6) is 0 Å². The summed E-state index contributed by atoms with van der Waals surface area (Å²) in [5.74, 6) is 0.538. The van der Waals surface area contributed by atoms with Crippen LogP contribution in [0.25, 0.3) is 0 Å². The Morgan fingerprint density at radius 2 is 1.70 bits per heavy atom. The average molecular weight is 364 g/mol. The summed E-state index contributed by atoms with van der Waals surface area (Å²) >= 11 is 0. The lowest BCUT2D eigenvalue weighted by Gasteiger charge is -2.38. The van der Waals surface area contributed by atoms with Gasteiger partial charge in [-0.2, -0.15) is 0 Å². The van der Waals surface area contributed by atoms with E-state index in [0.29, 0.717) is 5.92 Å². The number of amides is 1. The summed E-state index contributed by atoms with van der Waals surface area (Å²) in [7, 11) is 0. The number of cyclic esters (lactones) is 1. The summed E-state index contributed by atoms with van der Waals surface area (Å²) in [6.45, 7) is 6.06. The Bertz CT molecular complexity index is 793. The summed E-state index contributed by atoms with van der Waals surface area (Å²) in [4.78, 5) is 19.2. The van der Waals surface area contributed by atoms with E-state index in [1.807, 2.05) is 50.1 Å². The molecule has 2 heterocycles. The summed E-state index contributed by atoms with van der Waals surface area (Å²) in [6, 6.07) is 14.8. The second-order valence-electron chi connectivity index (χ2n) is 8.43. The van der Waals surface area contributed by atoms with Gasteiger partial charge in [0.05, 0.1) is 6.04 Å². The Balaban J connectivity index is 1.52. The van der Waals surface area contributed by atoms with Gasteiger partial charge in [0.25, 0.3) is 0 Å². The molecule has 2 aromatic rings. The first-order valence-corrected chi connectivity index (χ1v) is 9.94. The van der Waals surface area contributed by atoms with Gasteiger partial charge >= 0.3 is 6.09 Å². The van der Waals surface area contributed by atoms with Crippen molar-refractivity contribution in [3.05, 3.63) is 65.5 Å². The molecular weight excluding hydrogens is 336 g/mol. The zero-order valence-corrected chi connectivity index (χ0v) is 16.4. The maximum Gasteiger partial charge on any atom is 0.411 e. The van der Waals surface area contributed by atoms with Crippen LogP contribution >= 0.6 is 0 Å². The minimum absolute atomic E-state index is 0.0335. The second kappa shape index (κ2) is 6.99. The van der Waals surface area contributed by atoms with E-state index in [2.05, 4.69) is 29.2 Å². The predicted octanol–water partition coefficient (Wildman–Crippen LogP) is 5.39. The standard InChI is InChI=1S/C23H28N2O2/c1-16-9-10-19(15-24-16)17-11-13-20(14-12-17)25-21(18-7-5-4-6-8-18)23(2,3)27-22(25)26/h4-10,15,17,20-21H,11-14H2,1-3H3/t17-,20-,21-/m0/s1. The van der Waals surface area contributed by atoms with E-state index < -0.39 is 5.60 Å². The van der Waals surface area contributed by atoms with Crippen molar-refractivity contribution < 1.29 is 9.53 Å². The van der Waals surface area contributed by atoms with Gasteiger partial charge in [0.1, 0.15) is 5.60 Å². The van der Waals surface area contributed by atoms with Crippen molar-refractivity contribution in [3.8, 4) is 0 Å². The molecule has 0 radical (unpaired) electrons. The van der Waals surface area contributed by atoms with Crippen LogP contribution in [-0.2, 0) is 4.74 Å². The maximum atomic E-state index is 12.8. The molecule has 27 heavy (non-hydrogen) atoms. The molecule has 4 rings (SSSR count). The number of hydrogen-bond acceptors (Lipinski definition) is 3. The Labute approximate surface area is 161 Å². The SMILES string of the molecule is Cc1ccc([C@H]2CC[C@H](N3C(=O)OC(C)(C)[C@@H]3c3ccccc3)CC2)cn1. The first-order valence-electron chi connectivity index (χ1n) is 9.94. The number of ether oxygens (including phenoxy) is 1. The molecule has 1 aliphatic carbocycles. The van der Waals surface area contributed by atoms with E-state index >= 15 is 0 Å². The first-order chi connectivity index (χ1) is 13.0. The largest absolute Gasteiger partial charge is 0.441 e. The molecule has 142 valence electrons. The van der Waals surface area contributed by atoms with Crippen molar-refractivity contribution in [1.82, 2.24) is 9.88 Å². The van der Waals surface area contributed by atoms with Crippen LogP contribution in [0.2, 0.25) is 0 Å². The second-order valence-corrected chi connectivity index (χ2v) is 8.43. The van der Waals surface area contributed by atoms with E-state index in [1.54, 1.807) is 0 Å². The van der Waals surface area contributed by atoms with Gasteiger partial charge in [-0.15, -0.1) is 0 Å². The topological polar surface area (TPSA) is 42.4 Å². The van der Waals surface area contributed by atoms with Crippen LogP contribution in [0, 0.1) is 6.92 Å². The fourth-order valence-corrected chi connectivity index (χ4v) is 4.74. The minimum atomic E-state index is -0.518. The van der Waals surface area contributed by atoms with Gasteiger partial charge in [-0.25, -0.2) is 4.79 Å². The Morgan fingerprint density at radius 3 is 2.33 bits per heavy atom. The van der Waals surface area contributed by atoms with Gasteiger partial charge in [0, 0.05) is 17.9 Å². The van der Waals surface area contributed by atoms with Crippen molar-refractivity contribution in [3.63, 3.8) is 0 Å². The Hall–Kier alpha value is -2.36. The number of nitrogens with zero attached hydrogens (tertiary/aromatic N) is 2. The van der Waals surface area contributed by atoms with Crippen LogP contribution in [0.15, 0.2) is 48.7 Å². The van der Waals surface area contributed by atoms with Crippen molar-refractivity contribution in [1.29, 1.82) is 0 Å². The molecule has 2 fully saturated rings. The zero-order valence-electron chi connectivity index (χ0n) is 16.4. The number of pyridine rings is 1. The first kappa shape index (κ1) is 18.0. The molecular formula is C23H28N2O2. The highest BCUT2D eigenvalue weighted by Crippen LogP contribution is 2.45. The molecule has 0 unspecified atom stereocenters. The van der Waals surface area contributed by atoms with Gasteiger partial charge in [-0.1, -0.05) is 36.4 Å². The average Bonchev–Trinajstić information content (AvgIpc) is 2.91. The van der Waals surface area contributed by atoms with Crippen LogP contribution < -0.4 is 0 Å². The van der Waals surface area contributed by atoms with E-state index in [9.17, 15) is 4.79 Å². The number of carbonyl (C=O) groups is 1. The van der Waals surface area contributed by atoms with E-state index in [0.717, 1.165) is 36.9 Å². The van der Waals surface area contributed by atoms with Gasteiger partial charge in [-0.05, 0) is 69.6 Å². The number of carbonyl (C=O) groups excluding carboxylic acids is 1. The molecule has 4 heteroatoms. The van der Waals surface area contributed by atoms with E-state index in [1.165, 1.54) is 5.56 Å². The predicted molar refractivity (Wildman–Crippen MR) is 106 cm³/mol. The van der Waals surface area contributed by atoms with Crippen molar-refractivity contribution in [2.24, 2.45) is 0 Å². The lowest BCUT2D eigenvalue weighted by atomic mass is 9.80. The molecule has 2 aliphatic rings. The third-order valence-electron chi connectivity index (χ3n) is 6.11. The fourth-order valence-electron chi connectivity index (χ4n) is 4.74. The highest BCUT2D eigenvalue weighted by atomic mass is 16.6. The summed E-state index contributed by atoms with van der Waals surface area (Å²) in [5, 5.41) is 0. The smallest absolute Gasteiger partial charge is 0.411 e. The molecule has 1 aromatic carbocycles. The Kier molecular flexibility index (Phi) is 4.67. The number of aryl methyl sites for hydroxylation is 1. The van der Waals surface area contributed by atoms with Gasteiger partial charge in [0.2, 0.25) is 0 Å². The van der Waals surface area contributed by atoms with Crippen LogP contribution in [0.4, 0.5) is 4.79 Å². The maximum absolute atomic E-state index is 12.8. The fraction of sp³-hybridized carbons (Fsp3) is 0.478. The van der Waals surface area contributed by atoms with Gasteiger partial charge in [0.15, 0.2) is 0 Å². The summed E-state index contributed by atoms with van der Waals surface area (Å²) < 4.78 is 5.78. The van der Waals surface area contributed by atoms with Crippen molar-refractivity contribution in [2.75, 3.05) is 0 Å². The molecule has 1 aromatic heterocycles. The van der Waals surface area contributed by atoms with Crippen LogP contribution in [0.3, 0.4) is 0 Å². The monoisotopic (exact) mass is 364 g/mol. The summed E-state index contributed by atoms with van der Waals surface area (Å²) in [6.07, 6.45) is 6.03. The van der Waals surface area contributed by atoms with Gasteiger partial charge < -0.3 is 4.74 Å². The Morgan fingerprint density at radius 1 is 1.00 bits per heavy atom. The lowest BCUT2D eigenvalue weighted by molar-refractivity contribution is 0.0664. The molecule has 1 atom stereocenters. The van der Waals surface area contributed by atoms with Crippen molar-refractivity contribution in [2.45, 2.75) is 70.1 Å². The van der Waals surface area contributed by atoms with Crippen LogP contribution in [-0.4, -0.2) is 27.6 Å². The number of aromatic nitrogens is 1. The normalized spacial score (nSPS) is 27.4. The number of rotatable bonds is 3. The highest BCUT2D eigenvalue weighted by molar-refractivity contribution is 5.72. The lowest BCUT2D eigenvalue weighted by Crippen LogP contribution is -2.42. The number of benzene rings is 1. The molecule has 1 saturated carbocycles. The van der Waals surface area contributed by atoms with Crippen molar-refractivity contribution >= 4 is 6.09 Å². The third kappa shape index (κ3) is 3.45. The minimum Gasteiger partial charge on any atom is -0.441 e. The molecule has 0 bridgehead atoms. The third-order valence-corrected chi connectivity index (χ3v) is 6.11. The molecule has 4 nitrogen and oxygen atoms in total.